The Morgan fingerprint density at radius 2 is 1.77 bits per heavy atom. The van der Waals surface area contributed by atoms with E-state index in [1.54, 1.807) is 25.1 Å². The molecule has 3 rings (SSSR count). The van der Waals surface area contributed by atoms with Crippen LogP contribution in [-0.4, -0.2) is 49.4 Å². The molecule has 2 aromatic carbocycles. The summed E-state index contributed by atoms with van der Waals surface area (Å²) in [4.78, 5) is 27.8. The molecule has 0 bridgehead atoms. The Morgan fingerprint density at radius 1 is 1.13 bits per heavy atom. The number of nitrogens with one attached hydrogen (secondary N) is 1. The summed E-state index contributed by atoms with van der Waals surface area (Å²) in [6.45, 7) is 4.99. The van der Waals surface area contributed by atoms with E-state index in [0.29, 0.717) is 11.3 Å². The van der Waals surface area contributed by atoms with Gasteiger partial charge in [-0.3, -0.25) is 14.5 Å². The molecule has 166 valence electrons. The van der Waals surface area contributed by atoms with E-state index in [0.717, 1.165) is 21.7 Å². The molecular weight excluding hydrogens is 421 g/mol. The van der Waals surface area contributed by atoms with Gasteiger partial charge in [0.2, 0.25) is 21.8 Å². The lowest BCUT2D eigenvalue weighted by atomic mass is 9.93. The van der Waals surface area contributed by atoms with Gasteiger partial charge in [0.05, 0.1) is 12.8 Å². The number of piperazine rings is 1. The lowest BCUT2D eigenvalue weighted by Crippen LogP contribution is -2.70. The van der Waals surface area contributed by atoms with Gasteiger partial charge in [-0.25, -0.2) is 12.8 Å². The summed E-state index contributed by atoms with van der Waals surface area (Å²) in [7, 11) is -3.69. The van der Waals surface area contributed by atoms with Crippen LogP contribution in [0.1, 0.15) is 23.6 Å². The number of hydrogen-bond donors (Lipinski definition) is 1. The van der Waals surface area contributed by atoms with E-state index in [9.17, 15) is 22.4 Å². The van der Waals surface area contributed by atoms with Gasteiger partial charge >= 0.3 is 0 Å². The number of halogens is 1. The average molecular weight is 448 g/mol. The number of carbonyl (C=O) groups excluding carboxylic acids is 2. The summed E-state index contributed by atoms with van der Waals surface area (Å²) in [6, 6.07) is 11.1. The first kappa shape index (κ1) is 22.9. The zero-order valence-electron chi connectivity index (χ0n) is 18.0. The molecule has 0 radical (unpaired) electrons. The van der Waals surface area contributed by atoms with Crippen molar-refractivity contribution >= 4 is 27.5 Å². The lowest BCUT2D eigenvalue weighted by molar-refractivity contribution is -0.133. The molecular formula is C22H26FN3O4S. The van der Waals surface area contributed by atoms with Crippen LogP contribution in [0.15, 0.2) is 42.5 Å². The van der Waals surface area contributed by atoms with Crippen LogP contribution in [0.2, 0.25) is 0 Å². The molecule has 0 unspecified atom stereocenters. The van der Waals surface area contributed by atoms with Gasteiger partial charge in [0.25, 0.3) is 0 Å². The Balaban J connectivity index is 1.97. The minimum absolute atomic E-state index is 0.114. The summed E-state index contributed by atoms with van der Waals surface area (Å²) in [5.74, 6) is -1.37. The molecule has 0 saturated carbocycles. The van der Waals surface area contributed by atoms with Crippen LogP contribution in [0.5, 0.6) is 0 Å². The van der Waals surface area contributed by atoms with Crippen LogP contribution in [0.25, 0.3) is 0 Å². The highest BCUT2D eigenvalue weighted by Crippen LogP contribution is 2.31. The standard InChI is InChI=1S/C22H26FN3O4S/c1-15-5-10-19(11-16(15)2)26-20(27)13-25(31(4,29)30)14-22(26,3)21(28)24-12-17-6-8-18(23)9-7-17/h5-11H,12-14H2,1-4H3,(H,24,28)/t22-/m0/s1. The normalized spacial score (nSPS) is 20.0. The largest absolute Gasteiger partial charge is 0.350 e. The Kier molecular flexibility index (Phi) is 6.20. The monoisotopic (exact) mass is 447 g/mol. The Bertz CT molecular complexity index is 1120. The summed E-state index contributed by atoms with van der Waals surface area (Å²) in [5.41, 5.74) is 1.72. The molecule has 0 aliphatic carbocycles. The smallest absolute Gasteiger partial charge is 0.247 e. The molecule has 0 spiro atoms. The Morgan fingerprint density at radius 3 is 2.35 bits per heavy atom. The quantitative estimate of drug-likeness (QED) is 0.761. The maximum atomic E-state index is 13.3. The maximum absolute atomic E-state index is 13.3. The average Bonchev–Trinajstić information content (AvgIpc) is 2.68. The number of amides is 2. The van der Waals surface area contributed by atoms with E-state index < -0.39 is 27.4 Å². The second-order valence-corrected chi connectivity index (χ2v) is 10.1. The van der Waals surface area contributed by atoms with E-state index in [4.69, 9.17) is 0 Å². The van der Waals surface area contributed by atoms with Crippen LogP contribution in [0, 0.1) is 19.7 Å². The molecule has 1 fully saturated rings. The SMILES string of the molecule is Cc1ccc(N2C(=O)CN(S(C)(=O)=O)C[C@@]2(C)C(=O)NCc2ccc(F)cc2)cc1C. The highest BCUT2D eigenvalue weighted by molar-refractivity contribution is 7.88. The molecule has 1 N–H and O–H groups in total. The van der Waals surface area contributed by atoms with Crippen LogP contribution < -0.4 is 10.2 Å². The van der Waals surface area contributed by atoms with E-state index >= 15 is 0 Å². The number of aryl methyl sites for hydroxylation is 2. The number of carbonyl (C=O) groups is 2. The lowest BCUT2D eigenvalue weighted by Gasteiger charge is -2.46. The third-order valence-electron chi connectivity index (χ3n) is 5.61. The molecule has 2 amide bonds. The first-order valence-corrected chi connectivity index (χ1v) is 11.6. The fraction of sp³-hybridized carbons (Fsp3) is 0.364. The van der Waals surface area contributed by atoms with Crippen molar-refractivity contribution in [3.63, 3.8) is 0 Å². The zero-order chi connectivity index (χ0) is 23.0. The second-order valence-electron chi connectivity index (χ2n) is 8.11. The molecule has 9 heteroatoms. The maximum Gasteiger partial charge on any atom is 0.247 e. The van der Waals surface area contributed by atoms with E-state index in [2.05, 4.69) is 5.32 Å². The first-order chi connectivity index (χ1) is 14.4. The molecule has 1 atom stereocenters. The van der Waals surface area contributed by atoms with Crippen molar-refractivity contribution in [2.75, 3.05) is 24.2 Å². The third-order valence-corrected chi connectivity index (χ3v) is 6.81. The van der Waals surface area contributed by atoms with Crippen molar-refractivity contribution in [1.29, 1.82) is 0 Å². The van der Waals surface area contributed by atoms with Gasteiger partial charge in [-0.2, -0.15) is 4.31 Å². The van der Waals surface area contributed by atoms with Crippen molar-refractivity contribution in [1.82, 2.24) is 9.62 Å². The van der Waals surface area contributed by atoms with Gasteiger partial charge in [-0.05, 0) is 61.7 Å². The van der Waals surface area contributed by atoms with Gasteiger partial charge < -0.3 is 5.32 Å². The number of anilines is 1. The summed E-state index contributed by atoms with van der Waals surface area (Å²) < 4.78 is 38.5. The van der Waals surface area contributed by atoms with Crippen LogP contribution in [-0.2, 0) is 26.2 Å². The van der Waals surface area contributed by atoms with E-state index in [-0.39, 0.29) is 25.5 Å². The Labute approximate surface area is 181 Å². The highest BCUT2D eigenvalue weighted by atomic mass is 32.2. The van der Waals surface area contributed by atoms with E-state index in [1.165, 1.54) is 17.0 Å². The molecule has 1 heterocycles. The van der Waals surface area contributed by atoms with Crippen LogP contribution >= 0.6 is 0 Å². The fourth-order valence-electron chi connectivity index (χ4n) is 3.64. The molecule has 31 heavy (non-hydrogen) atoms. The van der Waals surface area contributed by atoms with Gasteiger partial charge in [-0.15, -0.1) is 0 Å². The highest BCUT2D eigenvalue weighted by Gasteiger charge is 2.50. The minimum atomic E-state index is -3.69. The number of sulfonamides is 1. The van der Waals surface area contributed by atoms with Gasteiger partial charge in [0.1, 0.15) is 11.4 Å². The fourth-order valence-corrected chi connectivity index (χ4v) is 4.47. The Hall–Kier alpha value is -2.78. The first-order valence-electron chi connectivity index (χ1n) is 9.80. The predicted octanol–water partition coefficient (Wildman–Crippen LogP) is 2.13. The summed E-state index contributed by atoms with van der Waals surface area (Å²) in [5, 5.41) is 2.77. The predicted molar refractivity (Wildman–Crippen MR) is 116 cm³/mol. The second kappa shape index (κ2) is 8.39. The van der Waals surface area contributed by atoms with Gasteiger partial charge in [-0.1, -0.05) is 18.2 Å². The third kappa shape index (κ3) is 4.77. The molecule has 1 saturated heterocycles. The van der Waals surface area contributed by atoms with Crippen molar-refractivity contribution in [2.45, 2.75) is 32.9 Å². The van der Waals surface area contributed by atoms with Crippen LogP contribution in [0.4, 0.5) is 10.1 Å². The molecule has 0 aromatic heterocycles. The van der Waals surface area contributed by atoms with Gasteiger partial charge in [0, 0.05) is 18.8 Å². The number of nitrogens with zero attached hydrogens (tertiary/aromatic N) is 2. The number of rotatable bonds is 5. The topological polar surface area (TPSA) is 86.8 Å². The van der Waals surface area contributed by atoms with Crippen molar-refractivity contribution < 1.29 is 22.4 Å². The molecule has 1 aliphatic heterocycles. The summed E-state index contributed by atoms with van der Waals surface area (Å²) in [6.07, 6.45) is 1.02. The van der Waals surface area contributed by atoms with Crippen molar-refractivity contribution in [2.24, 2.45) is 0 Å². The molecule has 1 aliphatic rings. The zero-order valence-corrected chi connectivity index (χ0v) is 18.8. The van der Waals surface area contributed by atoms with Crippen molar-refractivity contribution in [3.8, 4) is 0 Å². The number of benzene rings is 2. The summed E-state index contributed by atoms with van der Waals surface area (Å²) >= 11 is 0. The van der Waals surface area contributed by atoms with Crippen molar-refractivity contribution in [3.05, 3.63) is 65.0 Å². The molecule has 2 aromatic rings. The molecule has 7 nitrogen and oxygen atoms in total. The number of hydrogen-bond acceptors (Lipinski definition) is 4. The van der Waals surface area contributed by atoms with Gasteiger partial charge in [0.15, 0.2) is 0 Å². The van der Waals surface area contributed by atoms with E-state index in [1.807, 2.05) is 26.0 Å². The minimum Gasteiger partial charge on any atom is -0.350 e. The van der Waals surface area contributed by atoms with Crippen LogP contribution in [0.3, 0.4) is 0 Å².